The number of nitrogens with zero attached hydrogens (tertiary/aromatic N) is 3. The van der Waals surface area contributed by atoms with Crippen LogP contribution in [0.3, 0.4) is 0 Å². The average Bonchev–Trinajstić information content (AvgIpc) is 3.23. The Labute approximate surface area is 137 Å². The van der Waals surface area contributed by atoms with Crippen molar-refractivity contribution in [3.63, 3.8) is 0 Å². The highest BCUT2D eigenvalue weighted by Crippen LogP contribution is 2.31. The number of oxazole rings is 1. The van der Waals surface area contributed by atoms with Gasteiger partial charge in [0.2, 0.25) is 0 Å². The van der Waals surface area contributed by atoms with E-state index in [9.17, 15) is 9.59 Å². The van der Waals surface area contributed by atoms with E-state index in [-0.39, 0.29) is 11.9 Å². The van der Waals surface area contributed by atoms with E-state index in [4.69, 9.17) is 4.42 Å². The molecule has 0 unspecified atom stereocenters. The summed E-state index contributed by atoms with van der Waals surface area (Å²) in [5, 5.41) is 6.99. The number of likely N-dealkylation sites (tertiary alicyclic amines) is 1. The van der Waals surface area contributed by atoms with Crippen LogP contribution in [0.25, 0.3) is 11.1 Å². The van der Waals surface area contributed by atoms with Crippen molar-refractivity contribution in [1.29, 1.82) is 0 Å². The lowest BCUT2D eigenvalue weighted by atomic mass is 9.98. The molecule has 1 saturated heterocycles. The number of rotatable bonds is 2. The second kappa shape index (κ2) is 5.67. The summed E-state index contributed by atoms with van der Waals surface area (Å²) in [4.78, 5) is 26.5. The molecule has 0 bridgehead atoms. The minimum atomic E-state index is -0.428. The Morgan fingerprint density at radius 2 is 2.21 bits per heavy atom. The zero-order valence-electron chi connectivity index (χ0n) is 13.4. The van der Waals surface area contributed by atoms with Gasteiger partial charge in [0, 0.05) is 25.4 Å². The summed E-state index contributed by atoms with van der Waals surface area (Å²) in [6, 6.07) is 7.05. The lowest BCUT2D eigenvalue weighted by Crippen LogP contribution is -2.38. The summed E-state index contributed by atoms with van der Waals surface area (Å²) in [5.41, 5.74) is 2.63. The summed E-state index contributed by atoms with van der Waals surface area (Å²) in [6.07, 6.45) is 4.70. The number of benzene rings is 1. The maximum atomic E-state index is 13.0. The standard InChI is InChI=1S/C17H18N4O3/c1-20-14-10-11(5-6-15(14)24-17(20)23)16(22)21-9-3-2-4-13(21)12-7-8-18-19-12/h5-8,10,13H,2-4,9H2,1H3,(H,18,19)/t13-/m1/s1. The molecule has 7 nitrogen and oxygen atoms in total. The summed E-state index contributed by atoms with van der Waals surface area (Å²) in [5.74, 6) is -0.465. The maximum Gasteiger partial charge on any atom is 0.419 e. The molecule has 2 aromatic heterocycles. The molecular formula is C17H18N4O3. The summed E-state index contributed by atoms with van der Waals surface area (Å²) in [6.45, 7) is 0.713. The first-order chi connectivity index (χ1) is 11.6. The monoisotopic (exact) mass is 326 g/mol. The van der Waals surface area contributed by atoms with E-state index in [2.05, 4.69) is 10.2 Å². The topological polar surface area (TPSA) is 84.1 Å². The Morgan fingerprint density at radius 1 is 1.33 bits per heavy atom. The van der Waals surface area contributed by atoms with Gasteiger partial charge >= 0.3 is 5.76 Å². The van der Waals surface area contributed by atoms with Crippen molar-refractivity contribution in [1.82, 2.24) is 19.7 Å². The van der Waals surface area contributed by atoms with Crippen LogP contribution in [0.4, 0.5) is 0 Å². The Morgan fingerprint density at radius 3 is 3.00 bits per heavy atom. The highest BCUT2D eigenvalue weighted by atomic mass is 16.4. The number of amides is 1. The second-order valence-corrected chi connectivity index (χ2v) is 6.13. The number of carbonyl (C=O) groups is 1. The predicted molar refractivity (Wildman–Crippen MR) is 87.7 cm³/mol. The molecule has 7 heteroatoms. The Bertz CT molecular complexity index is 939. The molecule has 24 heavy (non-hydrogen) atoms. The smallest absolute Gasteiger partial charge is 0.408 e. The number of aromatic nitrogens is 3. The minimum Gasteiger partial charge on any atom is -0.408 e. The summed E-state index contributed by atoms with van der Waals surface area (Å²) < 4.78 is 6.54. The number of piperidine rings is 1. The number of aryl methyl sites for hydroxylation is 1. The van der Waals surface area contributed by atoms with Crippen LogP contribution in [0.5, 0.6) is 0 Å². The summed E-state index contributed by atoms with van der Waals surface area (Å²) in [7, 11) is 1.64. The number of H-pyrrole nitrogens is 1. The number of hydrogen-bond donors (Lipinski definition) is 1. The van der Waals surface area contributed by atoms with Crippen LogP contribution >= 0.6 is 0 Å². The molecule has 0 radical (unpaired) electrons. The van der Waals surface area contributed by atoms with Gasteiger partial charge in [-0.2, -0.15) is 5.10 Å². The molecule has 0 spiro atoms. The normalized spacial score (nSPS) is 18.2. The molecule has 1 fully saturated rings. The van der Waals surface area contributed by atoms with Gasteiger partial charge in [-0.25, -0.2) is 4.79 Å². The van der Waals surface area contributed by atoms with Crippen molar-refractivity contribution < 1.29 is 9.21 Å². The van der Waals surface area contributed by atoms with Gasteiger partial charge in [-0.3, -0.25) is 14.5 Å². The zero-order chi connectivity index (χ0) is 16.7. The van der Waals surface area contributed by atoms with Crippen LogP contribution in [-0.4, -0.2) is 32.1 Å². The van der Waals surface area contributed by atoms with Gasteiger partial charge in [0.05, 0.1) is 17.3 Å². The van der Waals surface area contributed by atoms with E-state index in [1.165, 1.54) is 4.57 Å². The molecule has 3 aromatic rings. The van der Waals surface area contributed by atoms with Crippen LogP contribution in [0.2, 0.25) is 0 Å². The molecule has 3 heterocycles. The number of fused-ring (bicyclic) bond motifs is 1. The molecule has 1 atom stereocenters. The van der Waals surface area contributed by atoms with Crippen molar-refractivity contribution in [3.8, 4) is 0 Å². The van der Waals surface area contributed by atoms with Crippen molar-refractivity contribution in [2.45, 2.75) is 25.3 Å². The Kier molecular flexibility index (Phi) is 3.48. The van der Waals surface area contributed by atoms with Crippen molar-refractivity contribution in [2.24, 2.45) is 7.05 Å². The van der Waals surface area contributed by atoms with Gasteiger partial charge in [-0.05, 0) is 43.5 Å². The molecule has 1 amide bonds. The number of hydrogen-bond acceptors (Lipinski definition) is 4. The molecule has 0 saturated carbocycles. The van der Waals surface area contributed by atoms with E-state index in [1.807, 2.05) is 11.0 Å². The van der Waals surface area contributed by atoms with E-state index >= 15 is 0 Å². The molecule has 4 rings (SSSR count). The van der Waals surface area contributed by atoms with Gasteiger partial charge in [-0.1, -0.05) is 0 Å². The summed E-state index contributed by atoms with van der Waals surface area (Å²) >= 11 is 0. The lowest BCUT2D eigenvalue weighted by molar-refractivity contribution is 0.0606. The van der Waals surface area contributed by atoms with Crippen LogP contribution in [0, 0.1) is 0 Å². The fraction of sp³-hybridized carbons (Fsp3) is 0.353. The first-order valence-electron chi connectivity index (χ1n) is 8.05. The maximum absolute atomic E-state index is 13.0. The van der Waals surface area contributed by atoms with Gasteiger partial charge in [0.15, 0.2) is 5.58 Å². The van der Waals surface area contributed by atoms with E-state index in [0.29, 0.717) is 23.2 Å². The third-order valence-corrected chi connectivity index (χ3v) is 4.68. The number of carbonyl (C=O) groups excluding carboxylic acids is 1. The molecule has 1 aliphatic rings. The van der Waals surface area contributed by atoms with Crippen molar-refractivity contribution in [3.05, 3.63) is 52.3 Å². The highest BCUT2D eigenvalue weighted by molar-refractivity contribution is 5.97. The SMILES string of the molecule is Cn1c(=O)oc2ccc(C(=O)N3CCCC[C@@H]3c3ccn[nH]3)cc21. The highest BCUT2D eigenvalue weighted by Gasteiger charge is 2.29. The van der Waals surface area contributed by atoms with E-state index in [0.717, 1.165) is 25.0 Å². The van der Waals surface area contributed by atoms with Crippen LogP contribution in [0.15, 0.2) is 39.7 Å². The Balaban J connectivity index is 1.71. The fourth-order valence-electron chi connectivity index (χ4n) is 3.38. The largest absolute Gasteiger partial charge is 0.419 e. The third kappa shape index (κ3) is 2.33. The van der Waals surface area contributed by atoms with Crippen molar-refractivity contribution >= 4 is 17.0 Å². The van der Waals surface area contributed by atoms with Gasteiger partial charge in [0.1, 0.15) is 0 Å². The van der Waals surface area contributed by atoms with E-state index < -0.39 is 5.76 Å². The molecule has 1 aliphatic heterocycles. The van der Waals surface area contributed by atoms with Gasteiger partial charge in [0.25, 0.3) is 5.91 Å². The van der Waals surface area contributed by atoms with E-state index in [1.54, 1.807) is 31.4 Å². The zero-order valence-corrected chi connectivity index (χ0v) is 13.4. The minimum absolute atomic E-state index is 0.0117. The Hall–Kier alpha value is -2.83. The lowest BCUT2D eigenvalue weighted by Gasteiger charge is -2.35. The van der Waals surface area contributed by atoms with Crippen molar-refractivity contribution in [2.75, 3.05) is 6.54 Å². The van der Waals surface area contributed by atoms with Gasteiger partial charge < -0.3 is 9.32 Å². The quantitative estimate of drug-likeness (QED) is 0.782. The predicted octanol–water partition coefficient (Wildman–Crippen LogP) is 2.22. The molecule has 1 N–H and O–H groups in total. The number of nitrogens with one attached hydrogen (secondary N) is 1. The second-order valence-electron chi connectivity index (χ2n) is 6.13. The van der Waals surface area contributed by atoms with Crippen LogP contribution in [-0.2, 0) is 7.05 Å². The van der Waals surface area contributed by atoms with Gasteiger partial charge in [-0.15, -0.1) is 0 Å². The molecule has 124 valence electrons. The molecule has 1 aromatic carbocycles. The first-order valence-corrected chi connectivity index (χ1v) is 8.05. The average molecular weight is 326 g/mol. The third-order valence-electron chi connectivity index (χ3n) is 4.68. The molecular weight excluding hydrogens is 308 g/mol. The van der Waals surface area contributed by atoms with Crippen LogP contribution in [0.1, 0.15) is 41.4 Å². The fourth-order valence-corrected chi connectivity index (χ4v) is 3.38. The first kappa shape index (κ1) is 14.7. The number of aromatic amines is 1. The van der Waals surface area contributed by atoms with Crippen LogP contribution < -0.4 is 5.76 Å². The molecule has 0 aliphatic carbocycles.